The van der Waals surface area contributed by atoms with Crippen LogP contribution in [-0.4, -0.2) is 16.1 Å². The van der Waals surface area contributed by atoms with E-state index in [1.54, 1.807) is 13.8 Å². The first-order valence-corrected chi connectivity index (χ1v) is 7.40. The summed E-state index contributed by atoms with van der Waals surface area (Å²) in [6.45, 7) is 3.41. The lowest BCUT2D eigenvalue weighted by Gasteiger charge is -2.13. The molecule has 1 N–H and O–H groups in total. The van der Waals surface area contributed by atoms with Crippen molar-refractivity contribution in [3.05, 3.63) is 52.1 Å². The maximum absolute atomic E-state index is 14.0. The van der Waals surface area contributed by atoms with Crippen molar-refractivity contribution in [1.82, 2.24) is 0 Å². The third-order valence-electron chi connectivity index (χ3n) is 2.71. The fourth-order valence-electron chi connectivity index (χ4n) is 1.79. The van der Waals surface area contributed by atoms with Gasteiger partial charge in [-0.2, -0.15) is 0 Å². The lowest BCUT2D eigenvalue weighted by Crippen LogP contribution is -2.06. The monoisotopic (exact) mass is 341 g/mol. The fourth-order valence-corrected chi connectivity index (χ4v) is 2.77. The molecule has 8 heteroatoms. The molecule has 0 aliphatic heterocycles. The van der Waals surface area contributed by atoms with Gasteiger partial charge in [0, 0.05) is 12.1 Å². The van der Waals surface area contributed by atoms with Crippen LogP contribution in [-0.2, 0) is 0 Å². The summed E-state index contributed by atoms with van der Waals surface area (Å²) in [6.07, 6.45) is -0.285. The van der Waals surface area contributed by atoms with Crippen molar-refractivity contribution in [2.45, 2.75) is 29.7 Å². The second-order valence-electron chi connectivity index (χ2n) is 4.89. The Morgan fingerprint density at radius 3 is 2.52 bits per heavy atom. The molecule has 2 aromatic rings. The number of halogens is 2. The number of rotatable bonds is 5. The van der Waals surface area contributed by atoms with Gasteiger partial charge in [0.15, 0.2) is 11.6 Å². The normalized spacial score (nSPS) is 10.8. The van der Waals surface area contributed by atoms with Crippen molar-refractivity contribution in [2.24, 2.45) is 0 Å². The third-order valence-corrected chi connectivity index (χ3v) is 3.81. The molecule has 0 unspecified atom stereocenters. The number of hydrogen-bond acceptors (Lipinski definition) is 5. The van der Waals surface area contributed by atoms with Crippen LogP contribution in [0.1, 0.15) is 13.8 Å². The van der Waals surface area contributed by atoms with E-state index in [2.05, 4.69) is 0 Å². The summed E-state index contributed by atoms with van der Waals surface area (Å²) in [4.78, 5) is 10.3. The molecule has 5 nitrogen and oxygen atoms in total. The first kappa shape index (κ1) is 17.0. The summed E-state index contributed by atoms with van der Waals surface area (Å²) >= 11 is 0.698. The van der Waals surface area contributed by atoms with Gasteiger partial charge in [0.2, 0.25) is 0 Å². The standard InChI is InChI=1S/C15H13F2NO4S/c1-8(2)22-13-7-12(19)15(6-10(13)17)23-14-5-9(16)3-4-11(14)18(20)21/h3-8,19H,1-2H3. The second-order valence-corrected chi connectivity index (χ2v) is 5.97. The third kappa shape index (κ3) is 4.10. The Hall–Kier alpha value is -2.35. The molecule has 0 heterocycles. The number of nitro benzene ring substituents is 1. The van der Waals surface area contributed by atoms with Crippen LogP contribution in [0.25, 0.3) is 0 Å². The highest BCUT2D eigenvalue weighted by molar-refractivity contribution is 7.99. The van der Waals surface area contributed by atoms with Crippen molar-refractivity contribution in [1.29, 1.82) is 0 Å². The van der Waals surface area contributed by atoms with Gasteiger partial charge in [-0.1, -0.05) is 11.8 Å². The smallest absolute Gasteiger partial charge is 0.283 e. The first-order chi connectivity index (χ1) is 10.8. The Morgan fingerprint density at radius 2 is 1.91 bits per heavy atom. The predicted molar refractivity (Wildman–Crippen MR) is 81.0 cm³/mol. The lowest BCUT2D eigenvalue weighted by molar-refractivity contribution is -0.387. The molecule has 0 saturated heterocycles. The number of nitrogens with zero attached hydrogens (tertiary/aromatic N) is 1. The van der Waals surface area contributed by atoms with E-state index in [1.807, 2.05) is 0 Å². The molecule has 0 aliphatic carbocycles. The van der Waals surface area contributed by atoms with Crippen molar-refractivity contribution in [3.63, 3.8) is 0 Å². The molecule has 0 spiro atoms. The van der Waals surface area contributed by atoms with Gasteiger partial charge < -0.3 is 9.84 Å². The molecular formula is C15H13F2NO4S. The molecule has 0 atom stereocenters. The van der Waals surface area contributed by atoms with Crippen molar-refractivity contribution in [3.8, 4) is 11.5 Å². The van der Waals surface area contributed by atoms with Crippen LogP contribution < -0.4 is 4.74 Å². The molecule has 23 heavy (non-hydrogen) atoms. The molecule has 0 radical (unpaired) electrons. The topological polar surface area (TPSA) is 72.6 Å². The van der Waals surface area contributed by atoms with Crippen LogP contribution in [0.5, 0.6) is 11.5 Å². The summed E-state index contributed by atoms with van der Waals surface area (Å²) < 4.78 is 32.5. The largest absolute Gasteiger partial charge is 0.507 e. The zero-order chi connectivity index (χ0) is 17.1. The van der Waals surface area contributed by atoms with Crippen LogP contribution in [0.3, 0.4) is 0 Å². The average Bonchev–Trinajstić information content (AvgIpc) is 2.43. The summed E-state index contributed by atoms with van der Waals surface area (Å²) in [5.74, 6) is -1.84. The first-order valence-electron chi connectivity index (χ1n) is 6.59. The number of hydrogen-bond donors (Lipinski definition) is 1. The van der Waals surface area contributed by atoms with Crippen LogP contribution >= 0.6 is 11.8 Å². The van der Waals surface area contributed by atoms with E-state index in [4.69, 9.17) is 4.74 Å². The van der Waals surface area contributed by atoms with Gasteiger partial charge in [-0.3, -0.25) is 10.1 Å². The fraction of sp³-hybridized carbons (Fsp3) is 0.200. The van der Waals surface area contributed by atoms with Gasteiger partial charge >= 0.3 is 0 Å². The van der Waals surface area contributed by atoms with Gasteiger partial charge in [0.1, 0.15) is 11.6 Å². The summed E-state index contributed by atoms with van der Waals surface area (Å²) in [6, 6.07) is 5.01. The molecule has 0 aliphatic rings. The predicted octanol–water partition coefficient (Wildman–Crippen LogP) is 4.52. The molecule has 2 rings (SSSR count). The molecule has 2 aromatic carbocycles. The average molecular weight is 341 g/mol. The van der Waals surface area contributed by atoms with Gasteiger partial charge in [0.25, 0.3) is 5.69 Å². The van der Waals surface area contributed by atoms with Crippen molar-refractivity contribution >= 4 is 17.4 Å². The Balaban J connectivity index is 2.39. The highest BCUT2D eigenvalue weighted by Gasteiger charge is 2.19. The molecule has 0 fully saturated rings. The lowest BCUT2D eigenvalue weighted by atomic mass is 10.3. The Labute approximate surface area is 135 Å². The summed E-state index contributed by atoms with van der Waals surface area (Å²) in [5.41, 5.74) is -0.335. The molecule has 0 bridgehead atoms. The molecule has 0 amide bonds. The minimum absolute atomic E-state index is 0.0207. The molecule has 122 valence electrons. The Bertz CT molecular complexity index is 752. The van der Waals surface area contributed by atoms with Crippen LogP contribution in [0.15, 0.2) is 40.1 Å². The van der Waals surface area contributed by atoms with Crippen LogP contribution in [0, 0.1) is 21.7 Å². The minimum Gasteiger partial charge on any atom is -0.507 e. The van der Waals surface area contributed by atoms with Crippen molar-refractivity contribution < 1.29 is 23.5 Å². The van der Waals surface area contributed by atoms with E-state index < -0.39 is 16.6 Å². The second kappa shape index (κ2) is 6.82. The van der Waals surface area contributed by atoms with E-state index in [0.717, 1.165) is 30.3 Å². The zero-order valence-electron chi connectivity index (χ0n) is 12.2. The van der Waals surface area contributed by atoms with Gasteiger partial charge in [-0.25, -0.2) is 8.78 Å². The number of phenols is 1. The maximum atomic E-state index is 14.0. The number of phenolic OH excluding ortho intramolecular Hbond substituents is 1. The van der Waals surface area contributed by atoms with Gasteiger partial charge in [-0.15, -0.1) is 0 Å². The minimum atomic E-state index is -0.724. The van der Waals surface area contributed by atoms with E-state index in [-0.39, 0.29) is 33.1 Å². The van der Waals surface area contributed by atoms with Crippen LogP contribution in [0.2, 0.25) is 0 Å². The highest BCUT2D eigenvalue weighted by Crippen LogP contribution is 2.41. The van der Waals surface area contributed by atoms with E-state index in [9.17, 15) is 24.0 Å². The number of ether oxygens (including phenoxy) is 1. The van der Waals surface area contributed by atoms with Gasteiger partial charge in [0.05, 0.1) is 20.8 Å². The highest BCUT2D eigenvalue weighted by atomic mass is 32.2. The maximum Gasteiger partial charge on any atom is 0.283 e. The molecule has 0 aromatic heterocycles. The Morgan fingerprint density at radius 1 is 1.22 bits per heavy atom. The quantitative estimate of drug-likeness (QED) is 0.639. The van der Waals surface area contributed by atoms with E-state index in [0.29, 0.717) is 11.8 Å². The number of aromatic hydroxyl groups is 1. The zero-order valence-corrected chi connectivity index (χ0v) is 13.1. The van der Waals surface area contributed by atoms with Crippen LogP contribution in [0.4, 0.5) is 14.5 Å². The van der Waals surface area contributed by atoms with Gasteiger partial charge in [-0.05, 0) is 32.0 Å². The summed E-state index contributed by atoms with van der Waals surface area (Å²) in [5, 5.41) is 20.9. The SMILES string of the molecule is CC(C)Oc1cc(O)c(Sc2cc(F)ccc2[N+](=O)[O-])cc1F. The van der Waals surface area contributed by atoms with E-state index in [1.165, 1.54) is 0 Å². The molecule has 0 saturated carbocycles. The number of nitro groups is 1. The molecular weight excluding hydrogens is 328 g/mol. The van der Waals surface area contributed by atoms with E-state index >= 15 is 0 Å². The Kier molecular flexibility index (Phi) is 5.05. The number of benzene rings is 2. The van der Waals surface area contributed by atoms with Crippen molar-refractivity contribution in [2.75, 3.05) is 0 Å². The summed E-state index contributed by atoms with van der Waals surface area (Å²) in [7, 11) is 0.